The number of benzene rings is 1. The molecule has 2 aromatic rings. The van der Waals surface area contributed by atoms with Gasteiger partial charge in [-0.05, 0) is 23.1 Å². The lowest BCUT2D eigenvalue weighted by atomic mass is 10.0. The number of hydrogen-bond acceptors (Lipinski definition) is 3. The van der Waals surface area contributed by atoms with E-state index < -0.39 is 0 Å². The number of ether oxygens (including phenoxy) is 1. The first kappa shape index (κ1) is 12.6. The van der Waals surface area contributed by atoms with Crippen molar-refractivity contribution in [1.82, 2.24) is 4.98 Å². The Bertz CT molecular complexity index is 506. The summed E-state index contributed by atoms with van der Waals surface area (Å²) in [4.78, 5) is 4.24. The van der Waals surface area contributed by atoms with Crippen LogP contribution in [0.4, 0.5) is 0 Å². The summed E-state index contributed by atoms with van der Waals surface area (Å²) >= 11 is 0. The lowest BCUT2D eigenvalue weighted by Crippen LogP contribution is -1.98. The van der Waals surface area contributed by atoms with Crippen LogP contribution in [0.25, 0.3) is 0 Å². The molecular weight excluding hydrogens is 224 g/mol. The Labute approximate surface area is 108 Å². The zero-order valence-electron chi connectivity index (χ0n) is 10.8. The predicted octanol–water partition coefficient (Wildman–Crippen LogP) is 3.46. The number of rotatable bonds is 4. The molecule has 0 unspecified atom stereocenters. The van der Waals surface area contributed by atoms with E-state index in [2.05, 4.69) is 24.9 Å². The van der Waals surface area contributed by atoms with Crippen molar-refractivity contribution >= 4 is 0 Å². The highest BCUT2D eigenvalue weighted by Crippen LogP contribution is 2.29. The average Bonchev–Trinajstić information content (AvgIpc) is 2.40. The van der Waals surface area contributed by atoms with Gasteiger partial charge in [0.1, 0.15) is 5.75 Å². The first-order chi connectivity index (χ1) is 8.70. The van der Waals surface area contributed by atoms with Crippen molar-refractivity contribution in [2.45, 2.75) is 26.3 Å². The van der Waals surface area contributed by atoms with Crippen molar-refractivity contribution in [3.05, 3.63) is 53.7 Å². The molecule has 0 atom stereocenters. The van der Waals surface area contributed by atoms with Gasteiger partial charge in [-0.15, -0.1) is 0 Å². The van der Waals surface area contributed by atoms with E-state index in [0.717, 1.165) is 11.3 Å². The van der Waals surface area contributed by atoms with E-state index in [1.165, 1.54) is 5.56 Å². The summed E-state index contributed by atoms with van der Waals surface area (Å²) in [5.74, 6) is 1.88. The second kappa shape index (κ2) is 5.65. The summed E-state index contributed by atoms with van der Waals surface area (Å²) in [6.45, 7) is 4.79. The van der Waals surface area contributed by atoms with Crippen LogP contribution in [0.1, 0.15) is 30.9 Å². The molecule has 3 nitrogen and oxygen atoms in total. The lowest BCUT2D eigenvalue weighted by Gasteiger charge is -2.12. The third-order valence-corrected chi connectivity index (χ3v) is 2.79. The molecule has 0 amide bonds. The minimum atomic E-state index is 0.421. The molecule has 0 bridgehead atoms. The van der Waals surface area contributed by atoms with Crippen LogP contribution in [0, 0.1) is 0 Å². The normalized spacial score (nSPS) is 10.7. The Kier molecular flexibility index (Phi) is 3.95. The van der Waals surface area contributed by atoms with E-state index >= 15 is 0 Å². The van der Waals surface area contributed by atoms with Gasteiger partial charge in [0.05, 0.1) is 0 Å². The summed E-state index contributed by atoms with van der Waals surface area (Å²) in [5, 5.41) is 0. The zero-order chi connectivity index (χ0) is 13.0. The van der Waals surface area contributed by atoms with Gasteiger partial charge < -0.3 is 10.5 Å². The molecule has 0 spiro atoms. The first-order valence-electron chi connectivity index (χ1n) is 6.12. The molecule has 18 heavy (non-hydrogen) atoms. The second-order valence-corrected chi connectivity index (χ2v) is 4.50. The Balaban J connectivity index is 2.22. The molecule has 0 saturated carbocycles. The summed E-state index contributed by atoms with van der Waals surface area (Å²) in [7, 11) is 0. The molecule has 1 aromatic heterocycles. The van der Waals surface area contributed by atoms with Gasteiger partial charge in [-0.3, -0.25) is 0 Å². The van der Waals surface area contributed by atoms with Gasteiger partial charge in [-0.2, -0.15) is 0 Å². The van der Waals surface area contributed by atoms with Gasteiger partial charge in [-0.25, -0.2) is 4.98 Å². The molecule has 0 aliphatic carbocycles. The van der Waals surface area contributed by atoms with Crippen LogP contribution in [0.5, 0.6) is 11.6 Å². The molecule has 0 aliphatic heterocycles. The highest BCUT2D eigenvalue weighted by Gasteiger charge is 2.08. The second-order valence-electron chi connectivity index (χ2n) is 4.50. The minimum Gasteiger partial charge on any atom is -0.439 e. The van der Waals surface area contributed by atoms with Crippen molar-refractivity contribution < 1.29 is 4.74 Å². The number of pyridine rings is 1. The van der Waals surface area contributed by atoms with Crippen molar-refractivity contribution in [1.29, 1.82) is 0 Å². The molecule has 2 rings (SSSR count). The third-order valence-electron chi connectivity index (χ3n) is 2.79. The monoisotopic (exact) mass is 242 g/mol. The maximum Gasteiger partial charge on any atom is 0.219 e. The molecule has 3 heteroatoms. The van der Waals surface area contributed by atoms with E-state index in [1.807, 2.05) is 30.3 Å². The number of para-hydroxylation sites is 1. The average molecular weight is 242 g/mol. The molecule has 1 aromatic carbocycles. The highest BCUT2D eigenvalue weighted by molar-refractivity contribution is 5.38. The third kappa shape index (κ3) is 2.87. The fourth-order valence-corrected chi connectivity index (χ4v) is 1.76. The molecule has 94 valence electrons. The standard InChI is InChI=1S/C15H18N2O/c1-11(2)13-5-3-4-6-14(13)18-15-8-7-12(9-16)10-17-15/h3-8,10-11H,9,16H2,1-2H3. The van der Waals surface area contributed by atoms with Crippen LogP contribution in [0.2, 0.25) is 0 Å². The van der Waals surface area contributed by atoms with Crippen molar-refractivity contribution in [3.8, 4) is 11.6 Å². The van der Waals surface area contributed by atoms with Crippen LogP contribution >= 0.6 is 0 Å². The van der Waals surface area contributed by atoms with Gasteiger partial charge in [0, 0.05) is 18.8 Å². The summed E-state index contributed by atoms with van der Waals surface area (Å²) in [6, 6.07) is 11.8. The van der Waals surface area contributed by atoms with Crippen molar-refractivity contribution in [2.24, 2.45) is 5.73 Å². The predicted molar refractivity (Wildman–Crippen MR) is 72.7 cm³/mol. The van der Waals surface area contributed by atoms with Gasteiger partial charge in [0.15, 0.2) is 0 Å². The molecule has 0 saturated heterocycles. The number of aromatic nitrogens is 1. The van der Waals surface area contributed by atoms with Crippen LogP contribution in [-0.2, 0) is 6.54 Å². The van der Waals surface area contributed by atoms with Crippen LogP contribution < -0.4 is 10.5 Å². The van der Waals surface area contributed by atoms with Crippen LogP contribution in [0.3, 0.4) is 0 Å². The van der Waals surface area contributed by atoms with E-state index in [1.54, 1.807) is 6.20 Å². The Morgan fingerprint density at radius 3 is 2.56 bits per heavy atom. The quantitative estimate of drug-likeness (QED) is 0.893. The van der Waals surface area contributed by atoms with E-state index in [4.69, 9.17) is 10.5 Å². The molecule has 0 fully saturated rings. The van der Waals surface area contributed by atoms with E-state index in [9.17, 15) is 0 Å². The summed E-state index contributed by atoms with van der Waals surface area (Å²) < 4.78 is 5.82. The molecule has 2 N–H and O–H groups in total. The fraction of sp³-hybridized carbons (Fsp3) is 0.267. The highest BCUT2D eigenvalue weighted by atomic mass is 16.5. The smallest absolute Gasteiger partial charge is 0.219 e. The van der Waals surface area contributed by atoms with Crippen molar-refractivity contribution in [2.75, 3.05) is 0 Å². The molecule has 1 heterocycles. The largest absolute Gasteiger partial charge is 0.439 e. The Hall–Kier alpha value is -1.87. The SMILES string of the molecule is CC(C)c1ccccc1Oc1ccc(CN)cn1. The Morgan fingerprint density at radius 2 is 1.94 bits per heavy atom. The fourth-order valence-electron chi connectivity index (χ4n) is 1.76. The zero-order valence-corrected chi connectivity index (χ0v) is 10.8. The van der Waals surface area contributed by atoms with Gasteiger partial charge in [0.25, 0.3) is 0 Å². The van der Waals surface area contributed by atoms with Crippen molar-refractivity contribution in [3.63, 3.8) is 0 Å². The topological polar surface area (TPSA) is 48.1 Å². The summed E-state index contributed by atoms with van der Waals surface area (Å²) in [5.41, 5.74) is 7.72. The van der Waals surface area contributed by atoms with Gasteiger partial charge in [0.2, 0.25) is 5.88 Å². The molecular formula is C15H18N2O. The van der Waals surface area contributed by atoms with Crippen LogP contribution in [-0.4, -0.2) is 4.98 Å². The molecule has 0 radical (unpaired) electrons. The maximum atomic E-state index is 5.82. The van der Waals surface area contributed by atoms with Gasteiger partial charge >= 0.3 is 0 Å². The molecule has 0 aliphatic rings. The Morgan fingerprint density at radius 1 is 1.17 bits per heavy atom. The van der Waals surface area contributed by atoms with Crippen LogP contribution in [0.15, 0.2) is 42.6 Å². The van der Waals surface area contributed by atoms with Gasteiger partial charge in [-0.1, -0.05) is 38.1 Å². The number of hydrogen-bond donors (Lipinski definition) is 1. The summed E-state index contributed by atoms with van der Waals surface area (Å²) in [6.07, 6.45) is 1.74. The first-order valence-corrected chi connectivity index (χ1v) is 6.12. The number of nitrogens with zero attached hydrogens (tertiary/aromatic N) is 1. The lowest BCUT2D eigenvalue weighted by molar-refractivity contribution is 0.454. The number of nitrogens with two attached hydrogens (primary N) is 1. The maximum absolute atomic E-state index is 5.82. The minimum absolute atomic E-state index is 0.421. The van der Waals surface area contributed by atoms with E-state index in [0.29, 0.717) is 18.3 Å². The van der Waals surface area contributed by atoms with E-state index in [-0.39, 0.29) is 0 Å².